The highest BCUT2D eigenvalue weighted by molar-refractivity contribution is 6.30. The molecule has 94 valence electrons. The van der Waals surface area contributed by atoms with Crippen LogP contribution in [0.4, 0.5) is 4.39 Å². The molecule has 2 aromatic rings. The molecule has 1 nitrogen and oxygen atoms in total. The van der Waals surface area contributed by atoms with Crippen LogP contribution in [0.15, 0.2) is 48.5 Å². The van der Waals surface area contributed by atoms with E-state index in [1.807, 2.05) is 30.3 Å². The van der Waals surface area contributed by atoms with Crippen LogP contribution in [0.25, 0.3) is 0 Å². The van der Waals surface area contributed by atoms with Crippen molar-refractivity contribution in [2.45, 2.75) is 18.9 Å². The minimum absolute atomic E-state index is 0.0791. The van der Waals surface area contributed by atoms with E-state index in [9.17, 15) is 4.39 Å². The summed E-state index contributed by atoms with van der Waals surface area (Å²) in [5, 5.41) is 0.167. The third-order valence-electron chi connectivity index (χ3n) is 2.98. The summed E-state index contributed by atoms with van der Waals surface area (Å²) in [4.78, 5) is 0. The fourth-order valence-corrected chi connectivity index (χ4v) is 2.11. The number of hydrogen-bond donors (Lipinski definition) is 1. The summed E-state index contributed by atoms with van der Waals surface area (Å²) in [7, 11) is 0. The van der Waals surface area contributed by atoms with E-state index >= 15 is 0 Å². The van der Waals surface area contributed by atoms with Crippen LogP contribution in [-0.4, -0.2) is 0 Å². The van der Waals surface area contributed by atoms with Gasteiger partial charge in [-0.05, 0) is 30.0 Å². The number of hydrogen-bond acceptors (Lipinski definition) is 1. The monoisotopic (exact) mass is 263 g/mol. The number of halogens is 2. The summed E-state index contributed by atoms with van der Waals surface area (Å²) in [5.41, 5.74) is 7.76. The molecule has 0 fully saturated rings. The molecule has 18 heavy (non-hydrogen) atoms. The van der Waals surface area contributed by atoms with Crippen molar-refractivity contribution in [2.24, 2.45) is 5.73 Å². The van der Waals surface area contributed by atoms with Gasteiger partial charge in [0.05, 0.1) is 5.02 Å². The van der Waals surface area contributed by atoms with E-state index in [4.69, 9.17) is 17.3 Å². The predicted molar refractivity (Wildman–Crippen MR) is 73.1 cm³/mol. The smallest absolute Gasteiger partial charge is 0.144 e. The van der Waals surface area contributed by atoms with Crippen LogP contribution in [0.2, 0.25) is 5.02 Å². The number of benzene rings is 2. The molecule has 0 aliphatic carbocycles. The van der Waals surface area contributed by atoms with Crippen molar-refractivity contribution in [2.75, 3.05) is 0 Å². The first-order chi connectivity index (χ1) is 8.68. The van der Waals surface area contributed by atoms with Crippen LogP contribution in [0.3, 0.4) is 0 Å². The Hall–Kier alpha value is -1.38. The molecule has 0 bridgehead atoms. The molecule has 1 atom stereocenters. The largest absolute Gasteiger partial charge is 0.324 e. The summed E-state index contributed by atoms with van der Waals surface area (Å²) >= 11 is 5.74. The first-order valence-electron chi connectivity index (χ1n) is 5.92. The van der Waals surface area contributed by atoms with Crippen LogP contribution in [0.5, 0.6) is 0 Å². The van der Waals surface area contributed by atoms with Crippen molar-refractivity contribution >= 4 is 11.6 Å². The Balaban J connectivity index is 2.02. The van der Waals surface area contributed by atoms with Crippen LogP contribution in [-0.2, 0) is 6.42 Å². The Labute approximate surface area is 111 Å². The molecule has 2 N–H and O–H groups in total. The molecule has 2 rings (SSSR count). The highest BCUT2D eigenvalue weighted by Gasteiger charge is 2.09. The maximum Gasteiger partial charge on any atom is 0.144 e. The summed E-state index contributed by atoms with van der Waals surface area (Å²) in [5.74, 6) is -0.334. The summed E-state index contributed by atoms with van der Waals surface area (Å²) < 4.78 is 13.7. The van der Waals surface area contributed by atoms with Gasteiger partial charge in [0.1, 0.15) is 5.82 Å². The van der Waals surface area contributed by atoms with Crippen molar-refractivity contribution in [3.05, 3.63) is 70.5 Å². The van der Waals surface area contributed by atoms with E-state index in [-0.39, 0.29) is 16.9 Å². The van der Waals surface area contributed by atoms with Crippen molar-refractivity contribution in [1.29, 1.82) is 0 Å². The molecule has 0 saturated carbocycles. The average Bonchev–Trinajstić information content (AvgIpc) is 2.41. The Morgan fingerprint density at radius 1 is 1.06 bits per heavy atom. The van der Waals surface area contributed by atoms with Crippen molar-refractivity contribution in [1.82, 2.24) is 0 Å². The van der Waals surface area contributed by atoms with Gasteiger partial charge in [0.15, 0.2) is 0 Å². The quantitative estimate of drug-likeness (QED) is 0.883. The number of aryl methyl sites for hydroxylation is 1. The van der Waals surface area contributed by atoms with E-state index in [0.29, 0.717) is 18.4 Å². The molecule has 0 amide bonds. The number of nitrogens with two attached hydrogens (primary N) is 1. The van der Waals surface area contributed by atoms with Gasteiger partial charge in [-0.2, -0.15) is 0 Å². The molecule has 0 aliphatic rings. The molecule has 0 spiro atoms. The lowest BCUT2D eigenvalue weighted by atomic mass is 9.99. The zero-order chi connectivity index (χ0) is 13.0. The first kappa shape index (κ1) is 13.1. The van der Waals surface area contributed by atoms with Crippen LogP contribution < -0.4 is 5.73 Å². The lowest BCUT2D eigenvalue weighted by Crippen LogP contribution is -2.11. The maximum atomic E-state index is 13.7. The van der Waals surface area contributed by atoms with E-state index in [1.165, 1.54) is 0 Å². The molecular formula is C15H15ClFN. The standard InChI is InChI=1S/C15H15ClFN/c16-13-8-4-7-12(15(13)17)9-10-14(18)11-5-2-1-3-6-11/h1-8,14H,9-10,18H2. The minimum Gasteiger partial charge on any atom is -0.324 e. The van der Waals surface area contributed by atoms with Gasteiger partial charge in [0.2, 0.25) is 0 Å². The van der Waals surface area contributed by atoms with Gasteiger partial charge in [-0.3, -0.25) is 0 Å². The van der Waals surface area contributed by atoms with Crippen LogP contribution in [0.1, 0.15) is 23.6 Å². The van der Waals surface area contributed by atoms with Crippen molar-refractivity contribution in [3.8, 4) is 0 Å². The van der Waals surface area contributed by atoms with Gasteiger partial charge in [-0.25, -0.2) is 4.39 Å². The molecule has 1 unspecified atom stereocenters. The fourth-order valence-electron chi connectivity index (χ4n) is 1.92. The molecule has 2 aromatic carbocycles. The lowest BCUT2D eigenvalue weighted by molar-refractivity contribution is 0.587. The first-order valence-corrected chi connectivity index (χ1v) is 6.29. The van der Waals surface area contributed by atoms with E-state index in [2.05, 4.69) is 0 Å². The average molecular weight is 264 g/mol. The minimum atomic E-state index is -0.334. The van der Waals surface area contributed by atoms with Crippen molar-refractivity contribution < 1.29 is 4.39 Å². The molecule has 0 aliphatic heterocycles. The zero-order valence-corrected chi connectivity index (χ0v) is 10.7. The summed E-state index contributed by atoms with van der Waals surface area (Å²) in [6.07, 6.45) is 1.28. The lowest BCUT2D eigenvalue weighted by Gasteiger charge is -2.12. The fraction of sp³-hybridized carbons (Fsp3) is 0.200. The van der Waals surface area contributed by atoms with Gasteiger partial charge in [-0.1, -0.05) is 54.1 Å². The zero-order valence-electron chi connectivity index (χ0n) is 9.94. The summed E-state index contributed by atoms with van der Waals surface area (Å²) in [6.45, 7) is 0. The Kier molecular flexibility index (Phi) is 4.34. The van der Waals surface area contributed by atoms with Gasteiger partial charge in [0, 0.05) is 6.04 Å². The Bertz CT molecular complexity index is 513. The molecule has 3 heteroatoms. The van der Waals surface area contributed by atoms with E-state index in [1.54, 1.807) is 18.2 Å². The second-order valence-corrected chi connectivity index (χ2v) is 4.68. The highest BCUT2D eigenvalue weighted by atomic mass is 35.5. The molecule has 0 heterocycles. The SMILES string of the molecule is NC(CCc1cccc(Cl)c1F)c1ccccc1. The second kappa shape index (κ2) is 5.98. The van der Waals surface area contributed by atoms with Gasteiger partial charge in [0.25, 0.3) is 0 Å². The number of rotatable bonds is 4. The van der Waals surface area contributed by atoms with Gasteiger partial charge >= 0.3 is 0 Å². The molecule has 0 saturated heterocycles. The maximum absolute atomic E-state index is 13.7. The third-order valence-corrected chi connectivity index (χ3v) is 3.28. The van der Waals surface area contributed by atoms with Gasteiger partial charge in [-0.15, -0.1) is 0 Å². The Morgan fingerprint density at radius 2 is 1.78 bits per heavy atom. The summed E-state index contributed by atoms with van der Waals surface area (Å²) in [6, 6.07) is 14.8. The molecule has 0 aromatic heterocycles. The Morgan fingerprint density at radius 3 is 2.50 bits per heavy atom. The molecular weight excluding hydrogens is 249 g/mol. The van der Waals surface area contributed by atoms with E-state index < -0.39 is 0 Å². The van der Waals surface area contributed by atoms with Crippen LogP contribution >= 0.6 is 11.6 Å². The topological polar surface area (TPSA) is 26.0 Å². The van der Waals surface area contributed by atoms with Gasteiger partial charge < -0.3 is 5.73 Å². The van der Waals surface area contributed by atoms with Crippen molar-refractivity contribution in [3.63, 3.8) is 0 Å². The highest BCUT2D eigenvalue weighted by Crippen LogP contribution is 2.22. The molecule has 0 radical (unpaired) electrons. The normalized spacial score (nSPS) is 12.4. The van der Waals surface area contributed by atoms with E-state index in [0.717, 1.165) is 5.56 Å². The van der Waals surface area contributed by atoms with Crippen LogP contribution in [0, 0.1) is 5.82 Å². The third kappa shape index (κ3) is 3.09. The second-order valence-electron chi connectivity index (χ2n) is 4.27. The predicted octanol–water partition coefficient (Wildman–Crippen LogP) is 4.11.